The number of aryl methyl sites for hydroxylation is 1. The van der Waals surface area contributed by atoms with Crippen molar-refractivity contribution in [3.8, 4) is 17.2 Å². The zero-order valence-electron chi connectivity index (χ0n) is 16.2. The Labute approximate surface area is 170 Å². The summed E-state index contributed by atoms with van der Waals surface area (Å²) < 4.78 is 11.6. The number of methoxy groups -OCH3 is 1. The molecule has 0 aliphatic rings. The van der Waals surface area contributed by atoms with Crippen molar-refractivity contribution in [3.05, 3.63) is 60.0 Å². The minimum Gasteiger partial charge on any atom is -0.505 e. The lowest BCUT2D eigenvalue weighted by molar-refractivity contribution is -0.139. The first kappa shape index (κ1) is 19.2. The van der Waals surface area contributed by atoms with E-state index in [-0.39, 0.29) is 18.0 Å². The quantitative estimate of drug-likeness (QED) is 0.490. The molecule has 4 rings (SSSR count). The average molecular weight is 406 g/mol. The second-order valence-corrected chi connectivity index (χ2v) is 6.47. The summed E-state index contributed by atoms with van der Waals surface area (Å²) in [6, 6.07) is 14.3. The van der Waals surface area contributed by atoms with E-state index in [1.54, 1.807) is 25.1 Å². The van der Waals surface area contributed by atoms with Crippen molar-refractivity contribution in [2.75, 3.05) is 13.7 Å². The van der Waals surface area contributed by atoms with Crippen molar-refractivity contribution in [3.63, 3.8) is 0 Å². The molecule has 0 bridgehead atoms. The summed E-state index contributed by atoms with van der Waals surface area (Å²) in [6.07, 6.45) is 0. The number of fused-ring (bicyclic) bond motifs is 3. The van der Waals surface area contributed by atoms with Crippen molar-refractivity contribution in [2.24, 2.45) is 0 Å². The molecule has 0 unspecified atom stereocenters. The number of amides is 1. The van der Waals surface area contributed by atoms with Crippen LogP contribution in [0.5, 0.6) is 17.2 Å². The van der Waals surface area contributed by atoms with Crippen LogP contribution >= 0.6 is 0 Å². The molecular formula is C21H18N4O5. The monoisotopic (exact) mass is 406 g/mol. The highest BCUT2D eigenvalue weighted by atomic mass is 16.5. The number of nitrogens with zero attached hydrogens (tertiary/aromatic N) is 3. The van der Waals surface area contributed by atoms with Gasteiger partial charge < -0.3 is 19.9 Å². The van der Waals surface area contributed by atoms with E-state index in [0.29, 0.717) is 33.7 Å². The van der Waals surface area contributed by atoms with Gasteiger partial charge in [0.1, 0.15) is 23.9 Å². The van der Waals surface area contributed by atoms with Gasteiger partial charge in [0.25, 0.3) is 5.91 Å². The minimum atomic E-state index is -0.681. The molecule has 0 spiro atoms. The predicted octanol–water partition coefficient (Wildman–Crippen LogP) is 2.59. The average Bonchev–Trinajstić information content (AvgIpc) is 3.14. The fourth-order valence-corrected chi connectivity index (χ4v) is 3.09. The van der Waals surface area contributed by atoms with Crippen LogP contribution < -0.4 is 10.1 Å². The highest BCUT2D eigenvalue weighted by Crippen LogP contribution is 2.35. The smallest absolute Gasteiger partial charge is 0.325 e. The second kappa shape index (κ2) is 7.70. The molecule has 30 heavy (non-hydrogen) atoms. The molecule has 0 saturated heterocycles. The number of aromatic nitrogens is 3. The fourth-order valence-electron chi connectivity index (χ4n) is 3.09. The molecular weight excluding hydrogens is 388 g/mol. The summed E-state index contributed by atoms with van der Waals surface area (Å²) in [5.41, 5.74) is 0.251. The van der Waals surface area contributed by atoms with Gasteiger partial charge in [0.2, 0.25) is 0 Å². The van der Waals surface area contributed by atoms with Gasteiger partial charge in [0.05, 0.1) is 7.11 Å². The van der Waals surface area contributed by atoms with Crippen LogP contribution in [0.4, 0.5) is 0 Å². The number of rotatable bonds is 5. The zero-order valence-corrected chi connectivity index (χ0v) is 16.2. The number of esters is 1. The molecule has 2 aromatic carbocycles. The summed E-state index contributed by atoms with van der Waals surface area (Å²) in [5.74, 6) is 0.0399. The Hall–Kier alpha value is -4.14. The highest BCUT2D eigenvalue weighted by molar-refractivity contribution is 6.07. The molecule has 0 aliphatic carbocycles. The van der Waals surface area contributed by atoms with Gasteiger partial charge in [0.15, 0.2) is 17.1 Å². The third-order valence-corrected chi connectivity index (χ3v) is 4.45. The van der Waals surface area contributed by atoms with Crippen molar-refractivity contribution in [1.29, 1.82) is 0 Å². The Bertz CT molecular complexity index is 1270. The number of benzene rings is 2. The lowest BCUT2D eigenvalue weighted by Crippen LogP contribution is -2.31. The molecule has 2 heterocycles. The van der Waals surface area contributed by atoms with E-state index in [0.717, 1.165) is 0 Å². The first-order valence-corrected chi connectivity index (χ1v) is 9.08. The third kappa shape index (κ3) is 3.48. The summed E-state index contributed by atoms with van der Waals surface area (Å²) >= 11 is 0. The molecule has 0 radical (unpaired) electrons. The van der Waals surface area contributed by atoms with Crippen LogP contribution in [0.3, 0.4) is 0 Å². The summed E-state index contributed by atoms with van der Waals surface area (Å²) in [6.45, 7) is 1.34. The predicted molar refractivity (Wildman–Crippen MR) is 108 cm³/mol. The maximum Gasteiger partial charge on any atom is 0.325 e. The number of pyridine rings is 1. The molecule has 2 N–H and O–H groups in total. The first-order chi connectivity index (χ1) is 14.5. The van der Waals surface area contributed by atoms with Gasteiger partial charge in [-0.15, -0.1) is 0 Å². The molecule has 4 aromatic rings. The van der Waals surface area contributed by atoms with Gasteiger partial charge >= 0.3 is 5.97 Å². The van der Waals surface area contributed by atoms with Crippen molar-refractivity contribution >= 4 is 28.3 Å². The second-order valence-electron chi connectivity index (χ2n) is 6.47. The zero-order chi connectivity index (χ0) is 21.3. The van der Waals surface area contributed by atoms with Crippen LogP contribution in [-0.2, 0) is 9.53 Å². The molecule has 152 valence electrons. The van der Waals surface area contributed by atoms with Crippen LogP contribution in [-0.4, -0.2) is 45.2 Å². The van der Waals surface area contributed by atoms with Crippen LogP contribution in [0, 0.1) is 6.92 Å². The standard InChI is InChI=1S/C21H18N4O5/c1-12-23-20-16-10-14(30-13-6-4-3-5-7-13)8-9-15(16)19(27)18(25(20)24-12)21(28)22-11-17(26)29-2/h3-10,27H,11H2,1-2H3,(H,22,28). The van der Waals surface area contributed by atoms with Crippen LogP contribution in [0.2, 0.25) is 0 Å². The Balaban J connectivity index is 1.82. The van der Waals surface area contributed by atoms with Crippen molar-refractivity contribution in [1.82, 2.24) is 19.9 Å². The number of ether oxygens (including phenoxy) is 2. The number of hydrogen-bond donors (Lipinski definition) is 2. The van der Waals surface area contributed by atoms with E-state index in [4.69, 9.17) is 4.74 Å². The summed E-state index contributed by atoms with van der Waals surface area (Å²) in [7, 11) is 1.22. The molecule has 0 atom stereocenters. The fraction of sp³-hybridized carbons (Fsp3) is 0.143. The Morgan fingerprint density at radius 1 is 1.10 bits per heavy atom. The van der Waals surface area contributed by atoms with Crippen LogP contribution in [0.1, 0.15) is 16.3 Å². The minimum absolute atomic E-state index is 0.126. The van der Waals surface area contributed by atoms with Gasteiger partial charge in [-0.1, -0.05) is 18.2 Å². The SMILES string of the molecule is COC(=O)CNC(=O)c1c(O)c2ccc(Oc3ccccc3)cc2c2nc(C)nn12. The van der Waals surface area contributed by atoms with Crippen LogP contribution in [0.15, 0.2) is 48.5 Å². The molecule has 0 saturated carbocycles. The number of aromatic hydroxyl groups is 1. The lowest BCUT2D eigenvalue weighted by Gasteiger charge is -2.12. The van der Waals surface area contributed by atoms with E-state index in [9.17, 15) is 14.7 Å². The maximum atomic E-state index is 12.7. The van der Waals surface area contributed by atoms with E-state index in [2.05, 4.69) is 20.1 Å². The topological polar surface area (TPSA) is 115 Å². The van der Waals surface area contributed by atoms with Gasteiger partial charge in [0, 0.05) is 10.8 Å². The largest absolute Gasteiger partial charge is 0.505 e. The molecule has 0 fully saturated rings. The normalized spacial score (nSPS) is 10.9. The van der Waals surface area contributed by atoms with E-state index in [1.165, 1.54) is 11.6 Å². The number of hydrogen-bond acceptors (Lipinski definition) is 7. The molecule has 2 aromatic heterocycles. The molecule has 9 heteroatoms. The van der Waals surface area contributed by atoms with Gasteiger partial charge in [-0.25, -0.2) is 9.50 Å². The number of carbonyl (C=O) groups is 2. The summed E-state index contributed by atoms with van der Waals surface area (Å²) in [4.78, 5) is 28.4. The lowest BCUT2D eigenvalue weighted by atomic mass is 10.1. The molecule has 0 aliphatic heterocycles. The van der Waals surface area contributed by atoms with Crippen molar-refractivity contribution in [2.45, 2.75) is 6.92 Å². The van der Waals surface area contributed by atoms with E-state index >= 15 is 0 Å². The third-order valence-electron chi connectivity index (χ3n) is 4.45. The van der Waals surface area contributed by atoms with Gasteiger partial charge in [-0.3, -0.25) is 9.59 Å². The molecule has 9 nitrogen and oxygen atoms in total. The highest BCUT2D eigenvalue weighted by Gasteiger charge is 2.23. The number of nitrogens with one attached hydrogen (secondary N) is 1. The maximum absolute atomic E-state index is 12.7. The van der Waals surface area contributed by atoms with Crippen LogP contribution in [0.25, 0.3) is 16.4 Å². The number of para-hydroxylation sites is 1. The van der Waals surface area contributed by atoms with E-state index in [1.807, 2.05) is 30.3 Å². The van der Waals surface area contributed by atoms with E-state index < -0.39 is 11.9 Å². The Morgan fingerprint density at radius 2 is 1.87 bits per heavy atom. The Kier molecular flexibility index (Phi) is 4.93. The number of carbonyl (C=O) groups excluding carboxylic acids is 2. The van der Waals surface area contributed by atoms with Gasteiger partial charge in [-0.2, -0.15) is 5.10 Å². The molecule has 1 amide bonds. The summed E-state index contributed by atoms with van der Waals surface area (Å²) in [5, 5.41) is 18.4. The van der Waals surface area contributed by atoms with Crippen molar-refractivity contribution < 1.29 is 24.2 Å². The van der Waals surface area contributed by atoms with Gasteiger partial charge in [-0.05, 0) is 37.3 Å². The first-order valence-electron chi connectivity index (χ1n) is 9.08. The Morgan fingerprint density at radius 3 is 2.60 bits per heavy atom.